The summed E-state index contributed by atoms with van der Waals surface area (Å²) in [4.78, 5) is 0. The molecular formula is C12H15NO3S. The monoisotopic (exact) mass is 253 g/mol. The van der Waals surface area contributed by atoms with Crippen LogP contribution in [0.15, 0.2) is 24.3 Å². The van der Waals surface area contributed by atoms with E-state index in [0.717, 1.165) is 0 Å². The van der Waals surface area contributed by atoms with Crippen molar-refractivity contribution in [3.8, 4) is 12.3 Å². The molecule has 4 nitrogen and oxygen atoms in total. The van der Waals surface area contributed by atoms with Gasteiger partial charge in [0.15, 0.2) is 0 Å². The number of rotatable bonds is 6. The number of hydrogen-bond donors (Lipinski definition) is 1. The highest BCUT2D eigenvalue weighted by atomic mass is 32.2. The van der Waals surface area contributed by atoms with Crippen molar-refractivity contribution >= 4 is 15.7 Å². The quantitative estimate of drug-likeness (QED) is 0.616. The van der Waals surface area contributed by atoms with Crippen LogP contribution in [-0.4, -0.2) is 27.4 Å². The van der Waals surface area contributed by atoms with Gasteiger partial charge in [-0.2, -0.15) is 0 Å². The molecule has 0 unspecified atom stereocenters. The van der Waals surface area contributed by atoms with Crippen LogP contribution >= 0.6 is 0 Å². The van der Waals surface area contributed by atoms with E-state index in [9.17, 15) is 8.42 Å². The van der Waals surface area contributed by atoms with Crippen molar-refractivity contribution < 1.29 is 13.2 Å². The number of benzene rings is 1. The van der Waals surface area contributed by atoms with Crippen molar-refractivity contribution in [2.24, 2.45) is 0 Å². The van der Waals surface area contributed by atoms with Crippen LogP contribution in [-0.2, 0) is 14.8 Å². The van der Waals surface area contributed by atoms with Crippen LogP contribution in [0.1, 0.15) is 12.5 Å². The Hall–Kier alpha value is -1.51. The summed E-state index contributed by atoms with van der Waals surface area (Å²) in [5, 5.41) is 0. The molecule has 0 bridgehead atoms. The molecule has 5 heteroatoms. The molecule has 1 aromatic rings. The number of hydrogen-bond acceptors (Lipinski definition) is 3. The first-order valence-corrected chi connectivity index (χ1v) is 6.87. The van der Waals surface area contributed by atoms with E-state index < -0.39 is 10.0 Å². The maximum absolute atomic E-state index is 11.6. The molecule has 17 heavy (non-hydrogen) atoms. The molecule has 0 aliphatic heterocycles. The first kappa shape index (κ1) is 13.6. The first-order valence-electron chi connectivity index (χ1n) is 5.22. The second-order valence-electron chi connectivity index (χ2n) is 3.34. The Balaban J connectivity index is 2.66. The van der Waals surface area contributed by atoms with Crippen molar-refractivity contribution in [1.29, 1.82) is 0 Å². The molecule has 0 heterocycles. The van der Waals surface area contributed by atoms with Gasteiger partial charge in [-0.15, -0.1) is 6.42 Å². The maximum atomic E-state index is 11.6. The fourth-order valence-corrected chi connectivity index (χ4v) is 2.14. The lowest BCUT2D eigenvalue weighted by molar-refractivity contribution is 0.163. The zero-order valence-electron chi connectivity index (χ0n) is 9.64. The lowest BCUT2D eigenvalue weighted by Crippen LogP contribution is -2.20. The Labute approximate surface area is 102 Å². The predicted octanol–water partition coefficient (Wildman–Crippen LogP) is 1.45. The van der Waals surface area contributed by atoms with Gasteiger partial charge in [0, 0.05) is 17.9 Å². The number of nitrogens with one attached hydrogen (secondary N) is 1. The van der Waals surface area contributed by atoms with Crippen LogP contribution in [0.3, 0.4) is 0 Å². The van der Waals surface area contributed by atoms with Crippen molar-refractivity contribution in [3.63, 3.8) is 0 Å². The zero-order chi connectivity index (χ0) is 12.7. The minimum atomic E-state index is -3.38. The molecule has 0 spiro atoms. The molecule has 0 amide bonds. The highest BCUT2D eigenvalue weighted by Crippen LogP contribution is 2.11. The molecule has 0 saturated heterocycles. The molecule has 0 aliphatic rings. The Morgan fingerprint density at radius 3 is 2.88 bits per heavy atom. The van der Waals surface area contributed by atoms with Gasteiger partial charge in [0.1, 0.15) is 0 Å². The summed E-state index contributed by atoms with van der Waals surface area (Å²) in [6.45, 7) is 2.50. The molecule has 1 aromatic carbocycles. The summed E-state index contributed by atoms with van der Waals surface area (Å²) in [5.74, 6) is 2.38. The third kappa shape index (κ3) is 4.89. The summed E-state index contributed by atoms with van der Waals surface area (Å²) >= 11 is 0. The van der Waals surface area contributed by atoms with E-state index >= 15 is 0 Å². The molecule has 0 fully saturated rings. The number of terminal acetylenes is 1. The molecule has 92 valence electrons. The van der Waals surface area contributed by atoms with E-state index in [1.807, 2.05) is 6.92 Å². The van der Waals surface area contributed by atoms with Crippen LogP contribution < -0.4 is 4.72 Å². The van der Waals surface area contributed by atoms with Crippen LogP contribution in [0.25, 0.3) is 0 Å². The van der Waals surface area contributed by atoms with Gasteiger partial charge in [0.2, 0.25) is 10.0 Å². The van der Waals surface area contributed by atoms with E-state index in [-0.39, 0.29) is 12.4 Å². The second kappa shape index (κ2) is 6.28. The molecule has 0 aliphatic carbocycles. The Morgan fingerprint density at radius 1 is 1.47 bits per heavy atom. The predicted molar refractivity (Wildman–Crippen MR) is 68.3 cm³/mol. The van der Waals surface area contributed by atoms with Crippen LogP contribution in [0.2, 0.25) is 0 Å². The number of sulfonamides is 1. The zero-order valence-corrected chi connectivity index (χ0v) is 10.5. The highest BCUT2D eigenvalue weighted by Gasteiger charge is 2.09. The van der Waals surface area contributed by atoms with Crippen LogP contribution in [0.4, 0.5) is 5.69 Å². The van der Waals surface area contributed by atoms with Crippen molar-refractivity contribution in [1.82, 2.24) is 0 Å². The lowest BCUT2D eigenvalue weighted by atomic mass is 10.2. The van der Waals surface area contributed by atoms with Gasteiger partial charge in [-0.3, -0.25) is 4.72 Å². The minimum absolute atomic E-state index is 0.0683. The van der Waals surface area contributed by atoms with Crippen molar-refractivity contribution in [3.05, 3.63) is 29.8 Å². The van der Waals surface area contributed by atoms with E-state index in [2.05, 4.69) is 10.6 Å². The summed E-state index contributed by atoms with van der Waals surface area (Å²) in [5.41, 5.74) is 1.10. The fourth-order valence-electron chi connectivity index (χ4n) is 1.22. The number of anilines is 1. The van der Waals surface area contributed by atoms with E-state index in [1.165, 1.54) is 0 Å². The van der Waals surface area contributed by atoms with Gasteiger partial charge in [-0.05, 0) is 25.1 Å². The van der Waals surface area contributed by atoms with Gasteiger partial charge < -0.3 is 4.74 Å². The van der Waals surface area contributed by atoms with Gasteiger partial charge in [0.05, 0.1) is 12.4 Å². The summed E-state index contributed by atoms with van der Waals surface area (Å²) in [7, 11) is -3.38. The second-order valence-corrected chi connectivity index (χ2v) is 5.18. The normalized spacial score (nSPS) is 10.8. The lowest BCUT2D eigenvalue weighted by Gasteiger charge is -2.08. The topological polar surface area (TPSA) is 55.4 Å². The standard InChI is InChI=1S/C12H15NO3S/c1-3-11-6-5-7-12(10-11)13-17(14,15)9-8-16-4-2/h1,5-7,10,13H,4,8-9H2,2H3. The minimum Gasteiger partial charge on any atom is -0.381 e. The van der Waals surface area contributed by atoms with Gasteiger partial charge in [-0.25, -0.2) is 8.42 Å². The maximum Gasteiger partial charge on any atom is 0.235 e. The van der Waals surface area contributed by atoms with Gasteiger partial charge >= 0.3 is 0 Å². The fraction of sp³-hybridized carbons (Fsp3) is 0.333. The summed E-state index contributed by atoms with van der Waals surface area (Å²) < 4.78 is 30.7. The van der Waals surface area contributed by atoms with Crippen LogP contribution in [0, 0.1) is 12.3 Å². The van der Waals surface area contributed by atoms with Crippen molar-refractivity contribution in [2.45, 2.75) is 6.92 Å². The molecule has 1 N–H and O–H groups in total. The molecule has 0 saturated carbocycles. The SMILES string of the molecule is C#Cc1cccc(NS(=O)(=O)CCOCC)c1. The Bertz CT molecular complexity index is 503. The van der Waals surface area contributed by atoms with E-state index in [4.69, 9.17) is 11.2 Å². The van der Waals surface area contributed by atoms with Crippen LogP contribution in [0.5, 0.6) is 0 Å². The number of ether oxygens (including phenoxy) is 1. The molecule has 0 aromatic heterocycles. The van der Waals surface area contributed by atoms with Gasteiger partial charge in [0.25, 0.3) is 0 Å². The summed E-state index contributed by atoms with van der Waals surface area (Å²) in [6.07, 6.45) is 5.23. The van der Waals surface area contributed by atoms with E-state index in [1.54, 1.807) is 24.3 Å². The Kier molecular flexibility index (Phi) is 5.01. The average molecular weight is 253 g/mol. The molecular weight excluding hydrogens is 238 g/mol. The third-order valence-corrected chi connectivity index (χ3v) is 3.25. The molecule has 0 radical (unpaired) electrons. The highest BCUT2D eigenvalue weighted by molar-refractivity contribution is 7.92. The third-order valence-electron chi connectivity index (χ3n) is 2.00. The van der Waals surface area contributed by atoms with E-state index in [0.29, 0.717) is 17.9 Å². The van der Waals surface area contributed by atoms with Gasteiger partial charge in [-0.1, -0.05) is 12.0 Å². The van der Waals surface area contributed by atoms with Crippen molar-refractivity contribution in [2.75, 3.05) is 23.7 Å². The first-order chi connectivity index (χ1) is 8.07. The summed E-state index contributed by atoms with van der Waals surface area (Å²) in [6, 6.07) is 6.70. The largest absolute Gasteiger partial charge is 0.381 e. The average Bonchev–Trinajstić information content (AvgIpc) is 2.29. The molecule has 1 rings (SSSR count). The molecule has 0 atom stereocenters. The Morgan fingerprint density at radius 2 is 2.24 bits per heavy atom. The smallest absolute Gasteiger partial charge is 0.235 e.